The Kier molecular flexibility index (Phi) is 4.14. The van der Waals surface area contributed by atoms with Gasteiger partial charge in [-0.2, -0.15) is 0 Å². The van der Waals surface area contributed by atoms with Crippen molar-refractivity contribution < 1.29 is 24.2 Å². The first-order valence-corrected chi connectivity index (χ1v) is 7.10. The molecule has 0 bridgehead atoms. The molecule has 0 aromatic heterocycles. The van der Waals surface area contributed by atoms with Crippen LogP contribution >= 0.6 is 0 Å². The zero-order valence-corrected chi connectivity index (χ0v) is 12.1. The van der Waals surface area contributed by atoms with Crippen molar-refractivity contribution in [1.82, 2.24) is 5.32 Å². The molecule has 1 aliphatic rings. The maximum absolute atomic E-state index is 11.2. The lowest BCUT2D eigenvalue weighted by Gasteiger charge is -2.14. The third-order valence-electron chi connectivity index (χ3n) is 3.54. The van der Waals surface area contributed by atoms with Crippen LogP contribution in [-0.2, 0) is 16.1 Å². The van der Waals surface area contributed by atoms with Crippen LogP contribution in [0.15, 0.2) is 54.6 Å². The number of hydrogen-bond donors (Lipinski definition) is 2. The van der Waals surface area contributed by atoms with E-state index in [9.17, 15) is 9.59 Å². The molecular weight excluding hydrogens is 298 g/mol. The number of cyclic esters (lactones) is 1. The van der Waals surface area contributed by atoms with Crippen LogP contribution in [0.25, 0.3) is 0 Å². The number of carboxylic acids is 1. The van der Waals surface area contributed by atoms with Crippen molar-refractivity contribution >= 4 is 12.1 Å². The molecule has 0 unspecified atom stereocenters. The van der Waals surface area contributed by atoms with Crippen molar-refractivity contribution in [2.24, 2.45) is 0 Å². The van der Waals surface area contributed by atoms with Gasteiger partial charge in [0.25, 0.3) is 0 Å². The van der Waals surface area contributed by atoms with Gasteiger partial charge in [-0.05, 0) is 23.3 Å². The monoisotopic (exact) mass is 313 g/mol. The van der Waals surface area contributed by atoms with E-state index in [0.717, 1.165) is 5.56 Å². The van der Waals surface area contributed by atoms with Gasteiger partial charge in [0.05, 0.1) is 0 Å². The van der Waals surface area contributed by atoms with Crippen molar-refractivity contribution in [3.05, 3.63) is 65.7 Å². The molecule has 1 heterocycles. The predicted molar refractivity (Wildman–Crippen MR) is 81.0 cm³/mol. The standard InChI is InChI=1S/C17H15NO5/c19-16(20)15-14(18-17(21)23-15)12-6-8-13(9-7-12)22-10-11-4-2-1-3-5-11/h1-9,14-15H,10H2,(H,18,21)(H,19,20)/t14-,15+/m1/s1. The summed E-state index contributed by atoms with van der Waals surface area (Å²) >= 11 is 0. The van der Waals surface area contributed by atoms with Crippen LogP contribution in [0.3, 0.4) is 0 Å². The molecule has 0 aliphatic carbocycles. The van der Waals surface area contributed by atoms with E-state index in [1.165, 1.54) is 0 Å². The number of nitrogens with one attached hydrogen (secondary N) is 1. The van der Waals surface area contributed by atoms with E-state index in [-0.39, 0.29) is 0 Å². The Bertz CT molecular complexity index is 699. The summed E-state index contributed by atoms with van der Waals surface area (Å²) in [5, 5.41) is 11.6. The normalized spacial score (nSPS) is 19.7. The van der Waals surface area contributed by atoms with Gasteiger partial charge in [0.1, 0.15) is 18.4 Å². The van der Waals surface area contributed by atoms with E-state index in [4.69, 9.17) is 14.6 Å². The topological polar surface area (TPSA) is 84.9 Å². The molecular formula is C17H15NO5. The number of hydrogen-bond acceptors (Lipinski definition) is 4. The Morgan fingerprint density at radius 1 is 1.13 bits per heavy atom. The molecule has 0 saturated carbocycles. The Morgan fingerprint density at radius 3 is 2.48 bits per heavy atom. The van der Waals surface area contributed by atoms with Crippen molar-refractivity contribution in [2.75, 3.05) is 0 Å². The average Bonchev–Trinajstić information content (AvgIpc) is 2.97. The third-order valence-corrected chi connectivity index (χ3v) is 3.54. The summed E-state index contributed by atoms with van der Waals surface area (Å²) in [6, 6.07) is 16.0. The van der Waals surface area contributed by atoms with Crippen LogP contribution in [0, 0.1) is 0 Å². The molecule has 6 nitrogen and oxygen atoms in total. The second-order valence-electron chi connectivity index (χ2n) is 5.13. The number of carbonyl (C=O) groups is 2. The largest absolute Gasteiger partial charge is 0.489 e. The van der Waals surface area contributed by atoms with Gasteiger partial charge >= 0.3 is 12.1 Å². The molecule has 6 heteroatoms. The summed E-state index contributed by atoms with van der Waals surface area (Å²) in [6.45, 7) is 0.446. The number of ether oxygens (including phenoxy) is 2. The molecule has 2 atom stereocenters. The summed E-state index contributed by atoms with van der Waals surface area (Å²) < 4.78 is 10.4. The first-order chi connectivity index (χ1) is 11.1. The summed E-state index contributed by atoms with van der Waals surface area (Å²) in [5.74, 6) is -0.521. The molecule has 1 aliphatic heterocycles. The highest BCUT2D eigenvalue weighted by Crippen LogP contribution is 2.26. The SMILES string of the molecule is O=C1N[C@H](c2ccc(OCc3ccccc3)cc2)[C@@H](C(=O)O)O1. The third kappa shape index (κ3) is 3.42. The van der Waals surface area contributed by atoms with Crippen LogP contribution in [0.5, 0.6) is 5.75 Å². The summed E-state index contributed by atoms with van der Waals surface area (Å²) in [6.07, 6.45) is -1.95. The number of alkyl carbamates (subject to hydrolysis) is 1. The molecule has 2 aromatic rings. The molecule has 0 spiro atoms. The van der Waals surface area contributed by atoms with Crippen LogP contribution in [0.1, 0.15) is 17.2 Å². The lowest BCUT2D eigenvalue weighted by Crippen LogP contribution is -2.28. The van der Waals surface area contributed by atoms with Crippen molar-refractivity contribution in [3.8, 4) is 5.75 Å². The number of benzene rings is 2. The lowest BCUT2D eigenvalue weighted by molar-refractivity contribution is -0.146. The number of carbonyl (C=O) groups excluding carboxylic acids is 1. The maximum atomic E-state index is 11.2. The zero-order valence-electron chi connectivity index (χ0n) is 12.1. The maximum Gasteiger partial charge on any atom is 0.408 e. The Labute approximate surface area is 132 Å². The van der Waals surface area contributed by atoms with Crippen LogP contribution in [0.4, 0.5) is 4.79 Å². The Morgan fingerprint density at radius 2 is 1.83 bits per heavy atom. The minimum Gasteiger partial charge on any atom is -0.489 e. The molecule has 1 fully saturated rings. The molecule has 3 rings (SSSR count). The molecule has 23 heavy (non-hydrogen) atoms. The first kappa shape index (κ1) is 14.9. The Hall–Kier alpha value is -3.02. The van der Waals surface area contributed by atoms with Gasteiger partial charge in [0, 0.05) is 0 Å². The van der Waals surface area contributed by atoms with Gasteiger partial charge in [-0.1, -0.05) is 42.5 Å². The fourth-order valence-electron chi connectivity index (χ4n) is 2.38. The highest BCUT2D eigenvalue weighted by atomic mass is 16.6. The second-order valence-corrected chi connectivity index (χ2v) is 5.13. The zero-order chi connectivity index (χ0) is 16.2. The molecule has 2 N–H and O–H groups in total. The van der Waals surface area contributed by atoms with E-state index >= 15 is 0 Å². The fourth-order valence-corrected chi connectivity index (χ4v) is 2.38. The predicted octanol–water partition coefficient (Wildman–Crippen LogP) is 2.50. The van der Waals surface area contributed by atoms with E-state index in [1.54, 1.807) is 24.3 Å². The minimum atomic E-state index is -1.22. The first-order valence-electron chi connectivity index (χ1n) is 7.10. The minimum absolute atomic E-state index is 0.446. The molecule has 1 amide bonds. The summed E-state index contributed by atoms with van der Waals surface area (Å²) in [7, 11) is 0. The summed E-state index contributed by atoms with van der Waals surface area (Å²) in [5.41, 5.74) is 1.70. The number of aliphatic carboxylic acids is 1. The highest BCUT2D eigenvalue weighted by molar-refractivity contribution is 5.82. The van der Waals surface area contributed by atoms with Crippen LogP contribution in [-0.4, -0.2) is 23.3 Å². The highest BCUT2D eigenvalue weighted by Gasteiger charge is 2.40. The molecule has 2 aromatic carbocycles. The van der Waals surface area contributed by atoms with Crippen LogP contribution in [0.2, 0.25) is 0 Å². The van der Waals surface area contributed by atoms with E-state index in [1.807, 2.05) is 30.3 Å². The smallest absolute Gasteiger partial charge is 0.408 e. The van der Waals surface area contributed by atoms with Crippen LogP contribution < -0.4 is 10.1 Å². The van der Waals surface area contributed by atoms with E-state index in [0.29, 0.717) is 17.9 Å². The Balaban J connectivity index is 1.67. The van der Waals surface area contributed by atoms with Gasteiger partial charge in [-0.15, -0.1) is 0 Å². The van der Waals surface area contributed by atoms with Gasteiger partial charge in [0.2, 0.25) is 6.10 Å². The van der Waals surface area contributed by atoms with Crippen molar-refractivity contribution in [3.63, 3.8) is 0 Å². The molecule has 1 saturated heterocycles. The van der Waals surface area contributed by atoms with Gasteiger partial charge in [-0.25, -0.2) is 9.59 Å². The van der Waals surface area contributed by atoms with Gasteiger partial charge in [-0.3, -0.25) is 0 Å². The van der Waals surface area contributed by atoms with Crippen molar-refractivity contribution in [1.29, 1.82) is 0 Å². The lowest BCUT2D eigenvalue weighted by atomic mass is 10.0. The quantitative estimate of drug-likeness (QED) is 0.886. The van der Waals surface area contributed by atoms with E-state index < -0.39 is 24.2 Å². The summed E-state index contributed by atoms with van der Waals surface area (Å²) in [4.78, 5) is 22.4. The van der Waals surface area contributed by atoms with Crippen molar-refractivity contribution in [2.45, 2.75) is 18.8 Å². The number of amides is 1. The van der Waals surface area contributed by atoms with Gasteiger partial charge < -0.3 is 19.9 Å². The van der Waals surface area contributed by atoms with E-state index in [2.05, 4.69) is 5.32 Å². The second kappa shape index (κ2) is 6.39. The molecule has 118 valence electrons. The number of rotatable bonds is 5. The molecule has 0 radical (unpaired) electrons. The number of carboxylic acid groups (broad SMARTS) is 1. The van der Waals surface area contributed by atoms with Gasteiger partial charge in [0.15, 0.2) is 0 Å². The fraction of sp³-hybridized carbons (Fsp3) is 0.176. The average molecular weight is 313 g/mol.